The molecule has 0 fully saturated rings. The van der Waals surface area contributed by atoms with Crippen molar-refractivity contribution in [3.8, 4) is 0 Å². The van der Waals surface area contributed by atoms with Crippen molar-refractivity contribution in [3.63, 3.8) is 0 Å². The number of benzene rings is 1. The third-order valence-electron chi connectivity index (χ3n) is 3.29. The number of para-hydroxylation sites is 1. The minimum absolute atomic E-state index is 0.804. The normalized spacial score (nSPS) is 11.6. The van der Waals surface area contributed by atoms with Gasteiger partial charge in [-0.2, -0.15) is 0 Å². The summed E-state index contributed by atoms with van der Waals surface area (Å²) in [6.07, 6.45) is 0. The number of fused-ring (bicyclic) bond motifs is 1. The van der Waals surface area contributed by atoms with Crippen molar-refractivity contribution in [2.75, 3.05) is 20.1 Å². The molecule has 0 aliphatic heterocycles. The van der Waals surface area contributed by atoms with E-state index in [0.717, 1.165) is 37.5 Å². The SMILES string of the molecule is CCNCc1oc2ccccc2c1CN(C)CC. The molecule has 0 saturated heterocycles. The first kappa shape index (κ1) is 13.1. The maximum atomic E-state index is 5.96. The summed E-state index contributed by atoms with van der Waals surface area (Å²) in [5.74, 6) is 1.07. The van der Waals surface area contributed by atoms with Gasteiger partial charge in [0.2, 0.25) is 0 Å². The van der Waals surface area contributed by atoms with Gasteiger partial charge in [0.05, 0.1) is 6.54 Å². The molecule has 0 aliphatic rings. The zero-order valence-electron chi connectivity index (χ0n) is 11.5. The van der Waals surface area contributed by atoms with Crippen molar-refractivity contribution in [2.24, 2.45) is 0 Å². The highest BCUT2D eigenvalue weighted by atomic mass is 16.3. The van der Waals surface area contributed by atoms with Crippen molar-refractivity contribution in [2.45, 2.75) is 26.9 Å². The molecule has 1 aromatic heterocycles. The first-order valence-corrected chi connectivity index (χ1v) is 6.64. The van der Waals surface area contributed by atoms with Gasteiger partial charge in [-0.25, -0.2) is 0 Å². The van der Waals surface area contributed by atoms with Crippen LogP contribution in [0.4, 0.5) is 0 Å². The summed E-state index contributed by atoms with van der Waals surface area (Å²) in [4.78, 5) is 2.30. The molecule has 1 heterocycles. The van der Waals surface area contributed by atoms with E-state index in [-0.39, 0.29) is 0 Å². The molecule has 0 radical (unpaired) electrons. The zero-order valence-corrected chi connectivity index (χ0v) is 11.5. The highest BCUT2D eigenvalue weighted by Gasteiger charge is 2.14. The fourth-order valence-corrected chi connectivity index (χ4v) is 2.09. The monoisotopic (exact) mass is 246 g/mol. The summed E-state index contributed by atoms with van der Waals surface area (Å²) in [6, 6.07) is 8.29. The molecule has 0 atom stereocenters. The summed E-state index contributed by atoms with van der Waals surface area (Å²) >= 11 is 0. The van der Waals surface area contributed by atoms with E-state index in [1.165, 1.54) is 10.9 Å². The number of nitrogens with zero attached hydrogens (tertiary/aromatic N) is 1. The van der Waals surface area contributed by atoms with Crippen LogP contribution in [0.2, 0.25) is 0 Å². The van der Waals surface area contributed by atoms with Crippen LogP contribution in [0.3, 0.4) is 0 Å². The lowest BCUT2D eigenvalue weighted by atomic mass is 10.1. The molecule has 0 amide bonds. The first-order valence-electron chi connectivity index (χ1n) is 6.64. The summed E-state index contributed by atoms with van der Waals surface area (Å²) in [5.41, 5.74) is 2.31. The Labute approximate surface area is 109 Å². The van der Waals surface area contributed by atoms with Crippen LogP contribution in [-0.2, 0) is 13.1 Å². The maximum absolute atomic E-state index is 5.96. The number of nitrogens with one attached hydrogen (secondary N) is 1. The van der Waals surface area contributed by atoms with Crippen molar-refractivity contribution in [1.82, 2.24) is 10.2 Å². The second kappa shape index (κ2) is 6.03. The average molecular weight is 246 g/mol. The number of hydrogen-bond donors (Lipinski definition) is 1. The molecule has 0 aliphatic carbocycles. The van der Waals surface area contributed by atoms with Gasteiger partial charge in [-0.1, -0.05) is 32.0 Å². The Morgan fingerprint density at radius 3 is 2.72 bits per heavy atom. The van der Waals surface area contributed by atoms with E-state index in [4.69, 9.17) is 4.42 Å². The first-order chi connectivity index (χ1) is 8.76. The summed E-state index contributed by atoms with van der Waals surface area (Å²) < 4.78 is 5.96. The van der Waals surface area contributed by atoms with Gasteiger partial charge in [-0.05, 0) is 26.2 Å². The van der Waals surface area contributed by atoms with E-state index in [9.17, 15) is 0 Å². The van der Waals surface area contributed by atoms with Crippen LogP contribution in [0.15, 0.2) is 28.7 Å². The average Bonchev–Trinajstić information content (AvgIpc) is 2.74. The second-order valence-corrected chi connectivity index (χ2v) is 4.61. The highest BCUT2D eigenvalue weighted by Crippen LogP contribution is 2.26. The molecule has 1 aromatic carbocycles. The molecule has 0 bridgehead atoms. The Hall–Kier alpha value is -1.32. The molecule has 0 spiro atoms. The molecule has 2 rings (SSSR count). The van der Waals surface area contributed by atoms with Crippen molar-refractivity contribution < 1.29 is 4.42 Å². The van der Waals surface area contributed by atoms with Crippen molar-refractivity contribution in [1.29, 1.82) is 0 Å². The Bertz CT molecular complexity index is 504. The van der Waals surface area contributed by atoms with E-state index in [0.29, 0.717) is 0 Å². The molecule has 3 nitrogen and oxygen atoms in total. The standard InChI is InChI=1S/C15H22N2O/c1-4-16-10-15-13(11-17(3)5-2)12-8-6-7-9-14(12)18-15/h6-9,16H,4-5,10-11H2,1-3H3. The van der Waals surface area contributed by atoms with Gasteiger partial charge < -0.3 is 14.6 Å². The van der Waals surface area contributed by atoms with Gasteiger partial charge in [0.1, 0.15) is 11.3 Å². The molecule has 3 heteroatoms. The van der Waals surface area contributed by atoms with Crippen molar-refractivity contribution >= 4 is 11.0 Å². The lowest BCUT2D eigenvalue weighted by molar-refractivity contribution is 0.341. The number of hydrogen-bond acceptors (Lipinski definition) is 3. The fourth-order valence-electron chi connectivity index (χ4n) is 2.09. The summed E-state index contributed by atoms with van der Waals surface area (Å²) in [7, 11) is 2.14. The van der Waals surface area contributed by atoms with Gasteiger partial charge in [0.25, 0.3) is 0 Å². The molecular weight excluding hydrogens is 224 g/mol. The molecule has 1 N–H and O–H groups in total. The van der Waals surface area contributed by atoms with E-state index < -0.39 is 0 Å². The predicted molar refractivity (Wildman–Crippen MR) is 75.6 cm³/mol. The van der Waals surface area contributed by atoms with Crippen LogP contribution in [0.1, 0.15) is 25.2 Å². The van der Waals surface area contributed by atoms with Crippen LogP contribution < -0.4 is 5.32 Å². The molecule has 0 saturated carbocycles. The lowest BCUT2D eigenvalue weighted by Gasteiger charge is -2.14. The molecular formula is C15H22N2O. The van der Waals surface area contributed by atoms with E-state index in [1.54, 1.807) is 0 Å². The largest absolute Gasteiger partial charge is 0.459 e. The third-order valence-corrected chi connectivity index (χ3v) is 3.29. The number of rotatable bonds is 6. The topological polar surface area (TPSA) is 28.4 Å². The molecule has 98 valence electrons. The quantitative estimate of drug-likeness (QED) is 0.849. The van der Waals surface area contributed by atoms with E-state index >= 15 is 0 Å². The van der Waals surface area contributed by atoms with E-state index in [2.05, 4.69) is 43.2 Å². The Morgan fingerprint density at radius 2 is 2.00 bits per heavy atom. The minimum atomic E-state index is 0.804. The van der Waals surface area contributed by atoms with Gasteiger partial charge in [-0.15, -0.1) is 0 Å². The molecule has 2 aromatic rings. The lowest BCUT2D eigenvalue weighted by Crippen LogP contribution is -2.19. The van der Waals surface area contributed by atoms with Gasteiger partial charge in [-0.3, -0.25) is 0 Å². The Morgan fingerprint density at radius 1 is 1.22 bits per heavy atom. The van der Waals surface area contributed by atoms with Gasteiger partial charge >= 0.3 is 0 Å². The second-order valence-electron chi connectivity index (χ2n) is 4.61. The Balaban J connectivity index is 2.37. The minimum Gasteiger partial charge on any atom is -0.459 e. The molecule has 0 unspecified atom stereocenters. The van der Waals surface area contributed by atoms with Gasteiger partial charge in [0.15, 0.2) is 0 Å². The number of furan rings is 1. The van der Waals surface area contributed by atoms with Crippen LogP contribution in [0, 0.1) is 0 Å². The fraction of sp³-hybridized carbons (Fsp3) is 0.467. The summed E-state index contributed by atoms with van der Waals surface area (Å²) in [5, 5.41) is 4.59. The smallest absolute Gasteiger partial charge is 0.134 e. The summed E-state index contributed by atoms with van der Waals surface area (Å²) in [6.45, 7) is 8.03. The van der Waals surface area contributed by atoms with Crippen LogP contribution >= 0.6 is 0 Å². The van der Waals surface area contributed by atoms with Crippen LogP contribution in [0.5, 0.6) is 0 Å². The maximum Gasteiger partial charge on any atom is 0.134 e. The highest BCUT2D eigenvalue weighted by molar-refractivity contribution is 5.82. The predicted octanol–water partition coefficient (Wildman–Crippen LogP) is 2.99. The third kappa shape index (κ3) is 2.74. The Kier molecular flexibility index (Phi) is 4.39. The van der Waals surface area contributed by atoms with Crippen LogP contribution in [-0.4, -0.2) is 25.0 Å². The van der Waals surface area contributed by atoms with Crippen LogP contribution in [0.25, 0.3) is 11.0 Å². The van der Waals surface area contributed by atoms with Crippen molar-refractivity contribution in [3.05, 3.63) is 35.6 Å². The zero-order chi connectivity index (χ0) is 13.0. The van der Waals surface area contributed by atoms with E-state index in [1.807, 2.05) is 12.1 Å². The van der Waals surface area contributed by atoms with Gasteiger partial charge in [0, 0.05) is 17.5 Å². The molecule has 18 heavy (non-hydrogen) atoms.